The zero-order valence-electron chi connectivity index (χ0n) is 22.6. The Kier molecular flexibility index (Phi) is 7.20. The van der Waals surface area contributed by atoms with Gasteiger partial charge in [-0.3, -0.25) is 19.3 Å². The molecule has 6 nitrogen and oxygen atoms in total. The molecule has 1 unspecified atom stereocenters. The molecule has 198 valence electrons. The predicted octanol–water partition coefficient (Wildman–Crippen LogP) is 5.35. The van der Waals surface area contributed by atoms with E-state index in [4.69, 9.17) is 0 Å². The van der Waals surface area contributed by atoms with Crippen molar-refractivity contribution < 1.29 is 14.4 Å². The van der Waals surface area contributed by atoms with Crippen LogP contribution in [-0.4, -0.2) is 40.7 Å². The summed E-state index contributed by atoms with van der Waals surface area (Å²) in [5, 5.41) is 4.90. The number of benzene rings is 4. The van der Waals surface area contributed by atoms with Crippen molar-refractivity contribution in [2.75, 3.05) is 11.4 Å². The standard InChI is InChI=1S/C33H33N3O3/c1-33(2,3)34-31(38)28(20-23-12-6-4-7-13-23)35(21-24-14-8-5-9-15-24)29(37)22-36-27-19-11-17-25-16-10-18-26(30(25)27)32(36)39/h4-19,28H,20-22H2,1-3H3,(H,34,38). The molecule has 39 heavy (non-hydrogen) atoms. The summed E-state index contributed by atoms with van der Waals surface area (Å²) in [5.74, 6) is -0.718. The molecule has 3 amide bonds. The van der Waals surface area contributed by atoms with E-state index in [2.05, 4.69) is 5.32 Å². The number of hydrogen-bond acceptors (Lipinski definition) is 3. The Morgan fingerprint density at radius 3 is 2.08 bits per heavy atom. The molecule has 1 aliphatic rings. The van der Waals surface area contributed by atoms with Crippen LogP contribution in [0.4, 0.5) is 5.69 Å². The highest BCUT2D eigenvalue weighted by Crippen LogP contribution is 2.37. The predicted molar refractivity (Wildman–Crippen MR) is 154 cm³/mol. The minimum Gasteiger partial charge on any atom is -0.350 e. The second kappa shape index (κ2) is 10.7. The van der Waals surface area contributed by atoms with Gasteiger partial charge >= 0.3 is 0 Å². The zero-order chi connectivity index (χ0) is 27.6. The molecule has 0 aromatic heterocycles. The Bertz CT molecular complexity index is 1500. The topological polar surface area (TPSA) is 69.7 Å². The fourth-order valence-electron chi connectivity index (χ4n) is 5.15. The van der Waals surface area contributed by atoms with E-state index in [0.717, 1.165) is 27.6 Å². The Labute approximate surface area is 229 Å². The van der Waals surface area contributed by atoms with Crippen LogP contribution in [0.15, 0.2) is 97.1 Å². The molecule has 4 aromatic rings. The first kappa shape index (κ1) is 26.2. The van der Waals surface area contributed by atoms with Crippen molar-refractivity contribution in [2.45, 2.75) is 45.3 Å². The average Bonchev–Trinajstić information content (AvgIpc) is 3.18. The summed E-state index contributed by atoms with van der Waals surface area (Å²) in [6, 6.07) is 30.0. The van der Waals surface area contributed by atoms with E-state index < -0.39 is 11.6 Å². The largest absolute Gasteiger partial charge is 0.350 e. The van der Waals surface area contributed by atoms with Crippen molar-refractivity contribution in [2.24, 2.45) is 0 Å². The van der Waals surface area contributed by atoms with Crippen LogP contribution in [0.5, 0.6) is 0 Å². The van der Waals surface area contributed by atoms with Gasteiger partial charge in [-0.15, -0.1) is 0 Å². The normalized spacial score (nSPS) is 13.4. The highest BCUT2D eigenvalue weighted by molar-refractivity contribution is 6.26. The van der Waals surface area contributed by atoms with Crippen molar-refractivity contribution >= 4 is 34.2 Å². The van der Waals surface area contributed by atoms with Crippen LogP contribution in [0, 0.1) is 0 Å². The minimum absolute atomic E-state index is 0.159. The second-order valence-corrected chi connectivity index (χ2v) is 11.0. The van der Waals surface area contributed by atoms with E-state index in [0.29, 0.717) is 12.0 Å². The summed E-state index contributed by atoms with van der Waals surface area (Å²) in [6.45, 7) is 5.86. The van der Waals surface area contributed by atoms with Crippen molar-refractivity contribution in [3.63, 3.8) is 0 Å². The first-order valence-corrected chi connectivity index (χ1v) is 13.2. The summed E-state index contributed by atoms with van der Waals surface area (Å²) in [7, 11) is 0. The lowest BCUT2D eigenvalue weighted by Gasteiger charge is -2.34. The Balaban J connectivity index is 1.51. The molecule has 0 saturated carbocycles. The summed E-state index contributed by atoms with van der Waals surface area (Å²) in [5.41, 5.74) is 2.70. The molecular formula is C33H33N3O3. The summed E-state index contributed by atoms with van der Waals surface area (Å²) >= 11 is 0. The van der Waals surface area contributed by atoms with E-state index in [9.17, 15) is 14.4 Å². The lowest BCUT2D eigenvalue weighted by molar-refractivity contribution is -0.140. The fraction of sp³-hybridized carbons (Fsp3) is 0.242. The van der Waals surface area contributed by atoms with Crippen LogP contribution in [0.25, 0.3) is 10.8 Å². The Morgan fingerprint density at radius 2 is 1.44 bits per heavy atom. The van der Waals surface area contributed by atoms with E-state index in [-0.39, 0.29) is 30.8 Å². The number of nitrogens with one attached hydrogen (secondary N) is 1. The number of carbonyl (C=O) groups excluding carboxylic acids is 3. The van der Waals surface area contributed by atoms with Crippen LogP contribution in [0.2, 0.25) is 0 Å². The number of carbonyl (C=O) groups is 3. The maximum atomic E-state index is 14.2. The second-order valence-electron chi connectivity index (χ2n) is 11.0. The van der Waals surface area contributed by atoms with Gasteiger partial charge in [-0.1, -0.05) is 84.9 Å². The Morgan fingerprint density at radius 1 is 0.821 bits per heavy atom. The smallest absolute Gasteiger partial charge is 0.259 e. The van der Waals surface area contributed by atoms with Crippen molar-refractivity contribution in [3.8, 4) is 0 Å². The summed E-state index contributed by atoms with van der Waals surface area (Å²) in [4.78, 5) is 44.5. The third-order valence-corrected chi connectivity index (χ3v) is 6.91. The van der Waals surface area contributed by atoms with Gasteiger partial charge in [-0.2, -0.15) is 0 Å². The molecule has 1 heterocycles. The molecule has 1 atom stereocenters. The molecule has 4 aromatic carbocycles. The number of anilines is 1. The molecule has 6 heteroatoms. The zero-order valence-corrected chi connectivity index (χ0v) is 22.6. The SMILES string of the molecule is CC(C)(C)NC(=O)C(Cc1ccccc1)N(Cc1ccccc1)C(=O)CN1C(=O)c2cccc3cccc1c23. The van der Waals surface area contributed by atoms with Crippen molar-refractivity contribution in [1.82, 2.24) is 10.2 Å². The fourth-order valence-corrected chi connectivity index (χ4v) is 5.15. The first-order chi connectivity index (χ1) is 18.7. The summed E-state index contributed by atoms with van der Waals surface area (Å²) < 4.78 is 0. The molecule has 0 spiro atoms. The molecule has 0 aliphatic carbocycles. The van der Waals surface area contributed by atoms with Gasteiger partial charge < -0.3 is 10.2 Å². The number of nitrogens with zero attached hydrogens (tertiary/aromatic N) is 2. The van der Waals surface area contributed by atoms with E-state index in [1.54, 1.807) is 15.9 Å². The van der Waals surface area contributed by atoms with E-state index >= 15 is 0 Å². The van der Waals surface area contributed by atoms with Crippen molar-refractivity contribution in [3.05, 3.63) is 114 Å². The van der Waals surface area contributed by atoms with Crippen LogP contribution < -0.4 is 10.2 Å². The third-order valence-electron chi connectivity index (χ3n) is 6.91. The quantitative estimate of drug-likeness (QED) is 0.341. The van der Waals surface area contributed by atoms with E-state index in [1.165, 1.54) is 0 Å². The Hall–Kier alpha value is -4.45. The first-order valence-electron chi connectivity index (χ1n) is 13.2. The van der Waals surface area contributed by atoms with Crippen molar-refractivity contribution in [1.29, 1.82) is 0 Å². The molecule has 1 aliphatic heterocycles. The van der Waals surface area contributed by atoms with Crippen LogP contribution in [0.1, 0.15) is 42.3 Å². The van der Waals surface area contributed by atoms with Gasteiger partial charge in [0, 0.05) is 29.5 Å². The minimum atomic E-state index is -0.768. The number of hydrogen-bond donors (Lipinski definition) is 1. The van der Waals surface area contributed by atoms with Crippen LogP contribution in [0.3, 0.4) is 0 Å². The maximum absolute atomic E-state index is 14.2. The molecular weight excluding hydrogens is 486 g/mol. The molecule has 0 bridgehead atoms. The van der Waals surface area contributed by atoms with Gasteiger partial charge in [0.25, 0.3) is 5.91 Å². The molecule has 5 rings (SSSR count). The third kappa shape index (κ3) is 5.70. The number of rotatable bonds is 8. The summed E-state index contributed by atoms with van der Waals surface area (Å²) in [6.07, 6.45) is 0.352. The number of amides is 3. The van der Waals surface area contributed by atoms with Gasteiger partial charge in [-0.05, 0) is 49.4 Å². The highest BCUT2D eigenvalue weighted by atomic mass is 16.2. The highest BCUT2D eigenvalue weighted by Gasteiger charge is 2.36. The van der Waals surface area contributed by atoms with Crippen LogP contribution in [-0.2, 0) is 22.6 Å². The van der Waals surface area contributed by atoms with E-state index in [1.807, 2.05) is 112 Å². The molecule has 0 fully saturated rings. The van der Waals surface area contributed by atoms with Crippen LogP contribution >= 0.6 is 0 Å². The van der Waals surface area contributed by atoms with Gasteiger partial charge in [0.2, 0.25) is 11.8 Å². The molecule has 0 radical (unpaired) electrons. The molecule has 0 saturated heterocycles. The average molecular weight is 520 g/mol. The van der Waals surface area contributed by atoms with Gasteiger partial charge in [-0.25, -0.2) is 0 Å². The van der Waals surface area contributed by atoms with Gasteiger partial charge in [0.05, 0.1) is 5.69 Å². The lowest BCUT2D eigenvalue weighted by atomic mass is 10.0. The maximum Gasteiger partial charge on any atom is 0.259 e. The van der Waals surface area contributed by atoms with Gasteiger partial charge in [0.1, 0.15) is 12.6 Å². The lowest BCUT2D eigenvalue weighted by Crippen LogP contribution is -2.56. The van der Waals surface area contributed by atoms with Gasteiger partial charge in [0.15, 0.2) is 0 Å². The monoisotopic (exact) mass is 519 g/mol. The molecule has 1 N–H and O–H groups in total.